The second kappa shape index (κ2) is 6.41. The van der Waals surface area contributed by atoms with Crippen molar-refractivity contribution in [2.24, 2.45) is 11.8 Å². The molecule has 1 heterocycles. The number of hydrogen-bond acceptors (Lipinski definition) is 2. The van der Waals surface area contributed by atoms with Crippen LogP contribution in [0.15, 0.2) is 0 Å². The van der Waals surface area contributed by atoms with E-state index in [1.807, 2.05) is 0 Å². The van der Waals surface area contributed by atoms with Crippen LogP contribution >= 0.6 is 11.6 Å². The van der Waals surface area contributed by atoms with Crippen molar-refractivity contribution in [3.05, 3.63) is 0 Å². The van der Waals surface area contributed by atoms with Crippen molar-refractivity contribution >= 4 is 16.8 Å². The predicted octanol–water partition coefficient (Wildman–Crippen LogP) is 2.56. The first-order valence-electron chi connectivity index (χ1n) is 5.65. The highest BCUT2D eigenvalue weighted by Gasteiger charge is 2.27. The van der Waals surface area contributed by atoms with Gasteiger partial charge in [0.1, 0.15) is 0 Å². The highest BCUT2D eigenvalue weighted by Crippen LogP contribution is 2.26. The lowest BCUT2D eigenvalue weighted by Gasteiger charge is -2.28. The van der Waals surface area contributed by atoms with Gasteiger partial charge in [0, 0.05) is 5.92 Å². The van der Waals surface area contributed by atoms with Gasteiger partial charge in [0.15, 0.2) is 0 Å². The summed E-state index contributed by atoms with van der Waals surface area (Å²) in [6, 6.07) is 0. The summed E-state index contributed by atoms with van der Waals surface area (Å²) in [5.74, 6) is 0.560. The van der Waals surface area contributed by atoms with Crippen LogP contribution in [0.5, 0.6) is 0 Å². The lowest BCUT2D eigenvalue weighted by atomic mass is 9.84. The van der Waals surface area contributed by atoms with E-state index < -0.39 is 0 Å². The second-order valence-electron chi connectivity index (χ2n) is 4.16. The van der Waals surface area contributed by atoms with Crippen molar-refractivity contribution in [3.63, 3.8) is 0 Å². The molecule has 82 valence electrons. The molecule has 0 amide bonds. The number of nitrogens with one attached hydrogen (secondary N) is 1. The minimum absolute atomic E-state index is 0.0874. The Morgan fingerprint density at radius 1 is 1.64 bits per heavy atom. The third-order valence-corrected chi connectivity index (χ3v) is 3.34. The molecule has 0 saturated carbocycles. The standard InChI is InChI=1S/C11H20ClNO/c1-2-3-6-10(11(12)14)9-5-4-7-13-8-9/h9-10,13H,2-8H2,1H3. The van der Waals surface area contributed by atoms with Crippen LogP contribution in [0, 0.1) is 11.8 Å². The van der Waals surface area contributed by atoms with Crippen LogP contribution in [0.2, 0.25) is 0 Å². The molecule has 0 radical (unpaired) electrons. The third-order valence-electron chi connectivity index (χ3n) is 3.06. The van der Waals surface area contributed by atoms with E-state index in [0.717, 1.165) is 38.8 Å². The van der Waals surface area contributed by atoms with E-state index in [4.69, 9.17) is 11.6 Å². The maximum Gasteiger partial charge on any atom is 0.225 e. The van der Waals surface area contributed by atoms with Gasteiger partial charge in [-0.15, -0.1) is 0 Å². The van der Waals surface area contributed by atoms with Gasteiger partial charge < -0.3 is 5.32 Å². The molecule has 0 aliphatic carbocycles. The highest BCUT2D eigenvalue weighted by atomic mass is 35.5. The Morgan fingerprint density at radius 2 is 2.43 bits per heavy atom. The molecule has 3 heteroatoms. The first-order chi connectivity index (χ1) is 6.75. The molecule has 0 aromatic rings. The van der Waals surface area contributed by atoms with Crippen LogP contribution in [0.1, 0.15) is 39.0 Å². The average molecular weight is 218 g/mol. The van der Waals surface area contributed by atoms with E-state index >= 15 is 0 Å². The van der Waals surface area contributed by atoms with E-state index in [1.165, 1.54) is 6.42 Å². The van der Waals surface area contributed by atoms with Gasteiger partial charge in [-0.3, -0.25) is 4.79 Å². The zero-order chi connectivity index (χ0) is 10.4. The Labute approximate surface area is 91.4 Å². The van der Waals surface area contributed by atoms with Crippen LogP contribution in [-0.4, -0.2) is 18.3 Å². The fourth-order valence-electron chi connectivity index (χ4n) is 2.18. The van der Waals surface area contributed by atoms with E-state index in [2.05, 4.69) is 12.2 Å². The number of unbranched alkanes of at least 4 members (excludes halogenated alkanes) is 1. The zero-order valence-corrected chi connectivity index (χ0v) is 9.65. The summed E-state index contributed by atoms with van der Waals surface area (Å²) >= 11 is 5.65. The van der Waals surface area contributed by atoms with E-state index in [0.29, 0.717) is 5.92 Å². The molecule has 0 aromatic carbocycles. The normalized spacial score (nSPS) is 24.6. The first-order valence-corrected chi connectivity index (χ1v) is 6.03. The molecule has 1 N–H and O–H groups in total. The molecule has 0 spiro atoms. The molecular formula is C11H20ClNO. The molecule has 14 heavy (non-hydrogen) atoms. The maximum atomic E-state index is 11.3. The molecule has 0 aromatic heterocycles. The number of halogens is 1. The van der Waals surface area contributed by atoms with Crippen LogP contribution in [0.25, 0.3) is 0 Å². The summed E-state index contributed by atoms with van der Waals surface area (Å²) in [6.45, 7) is 4.20. The van der Waals surface area contributed by atoms with Gasteiger partial charge in [-0.1, -0.05) is 19.8 Å². The summed E-state index contributed by atoms with van der Waals surface area (Å²) in [4.78, 5) is 11.3. The molecule has 1 rings (SSSR count). The number of rotatable bonds is 5. The van der Waals surface area contributed by atoms with Crippen LogP contribution in [0.3, 0.4) is 0 Å². The number of hydrogen-bond donors (Lipinski definition) is 1. The Kier molecular flexibility index (Phi) is 5.49. The van der Waals surface area contributed by atoms with Crippen molar-refractivity contribution < 1.29 is 4.79 Å². The monoisotopic (exact) mass is 217 g/mol. The smallest absolute Gasteiger partial charge is 0.225 e. The minimum atomic E-state index is -0.132. The quantitative estimate of drug-likeness (QED) is 0.718. The molecule has 1 saturated heterocycles. The molecule has 2 atom stereocenters. The highest BCUT2D eigenvalue weighted by molar-refractivity contribution is 6.64. The largest absolute Gasteiger partial charge is 0.316 e. The fourth-order valence-corrected chi connectivity index (χ4v) is 2.47. The zero-order valence-electron chi connectivity index (χ0n) is 8.89. The lowest BCUT2D eigenvalue weighted by Crippen LogP contribution is -2.36. The van der Waals surface area contributed by atoms with Gasteiger partial charge in [0.05, 0.1) is 0 Å². The predicted molar refractivity (Wildman–Crippen MR) is 59.5 cm³/mol. The van der Waals surface area contributed by atoms with E-state index in [1.54, 1.807) is 0 Å². The van der Waals surface area contributed by atoms with Gasteiger partial charge in [0.25, 0.3) is 0 Å². The van der Waals surface area contributed by atoms with Gasteiger partial charge in [-0.2, -0.15) is 0 Å². The van der Waals surface area contributed by atoms with Crippen LogP contribution in [0.4, 0.5) is 0 Å². The second-order valence-corrected chi connectivity index (χ2v) is 4.53. The van der Waals surface area contributed by atoms with E-state index in [-0.39, 0.29) is 11.2 Å². The molecule has 2 nitrogen and oxygen atoms in total. The third kappa shape index (κ3) is 3.58. The molecular weight excluding hydrogens is 198 g/mol. The van der Waals surface area contributed by atoms with Crippen molar-refractivity contribution in [1.82, 2.24) is 5.32 Å². The Hall–Kier alpha value is -0.0800. The summed E-state index contributed by atoms with van der Waals surface area (Å²) in [5, 5.41) is 3.20. The van der Waals surface area contributed by atoms with E-state index in [9.17, 15) is 4.79 Å². The number of carbonyl (C=O) groups is 1. The fraction of sp³-hybridized carbons (Fsp3) is 0.909. The minimum Gasteiger partial charge on any atom is -0.316 e. The lowest BCUT2D eigenvalue weighted by molar-refractivity contribution is -0.117. The molecule has 2 unspecified atom stereocenters. The van der Waals surface area contributed by atoms with Crippen molar-refractivity contribution in [3.8, 4) is 0 Å². The van der Waals surface area contributed by atoms with Crippen molar-refractivity contribution in [2.45, 2.75) is 39.0 Å². The molecule has 1 fully saturated rings. The van der Waals surface area contributed by atoms with Crippen molar-refractivity contribution in [1.29, 1.82) is 0 Å². The Balaban J connectivity index is 2.43. The SMILES string of the molecule is CCCCC(C(=O)Cl)C1CCCNC1. The van der Waals surface area contributed by atoms with Gasteiger partial charge >= 0.3 is 0 Å². The summed E-state index contributed by atoms with van der Waals surface area (Å²) in [6.07, 6.45) is 5.54. The summed E-state index contributed by atoms with van der Waals surface area (Å²) < 4.78 is 0. The molecule has 1 aliphatic rings. The van der Waals surface area contributed by atoms with Gasteiger partial charge in [0.2, 0.25) is 5.24 Å². The first kappa shape index (κ1) is 12.0. The average Bonchev–Trinajstić information content (AvgIpc) is 2.19. The maximum absolute atomic E-state index is 11.3. The van der Waals surface area contributed by atoms with Gasteiger partial charge in [-0.05, 0) is 49.9 Å². The van der Waals surface area contributed by atoms with Gasteiger partial charge in [-0.25, -0.2) is 0 Å². The number of piperidine rings is 1. The Bertz CT molecular complexity index is 178. The summed E-state index contributed by atoms with van der Waals surface area (Å²) in [5.41, 5.74) is 0. The molecule has 0 bridgehead atoms. The van der Waals surface area contributed by atoms with Crippen molar-refractivity contribution in [2.75, 3.05) is 13.1 Å². The summed E-state index contributed by atoms with van der Waals surface area (Å²) in [7, 11) is 0. The Morgan fingerprint density at radius 3 is 2.93 bits per heavy atom. The van der Waals surface area contributed by atoms with Crippen LogP contribution in [-0.2, 0) is 4.79 Å². The topological polar surface area (TPSA) is 29.1 Å². The molecule has 1 aliphatic heterocycles. The van der Waals surface area contributed by atoms with Crippen LogP contribution < -0.4 is 5.32 Å². The number of carbonyl (C=O) groups excluding carboxylic acids is 1.